The number of sulfonamides is 1. The molecular weight excluding hydrogens is 312 g/mol. The average Bonchev–Trinajstić information content (AvgIpc) is 2.47. The first kappa shape index (κ1) is 18.3. The van der Waals surface area contributed by atoms with Gasteiger partial charge in [-0.2, -0.15) is 4.31 Å². The van der Waals surface area contributed by atoms with Gasteiger partial charge in [-0.1, -0.05) is 6.92 Å². The van der Waals surface area contributed by atoms with E-state index in [-0.39, 0.29) is 29.5 Å². The summed E-state index contributed by atoms with van der Waals surface area (Å²) in [5, 5.41) is 10.9. The van der Waals surface area contributed by atoms with Crippen LogP contribution in [0.25, 0.3) is 0 Å². The number of hydrogen-bond donors (Lipinski definition) is 0. The van der Waals surface area contributed by atoms with Crippen LogP contribution in [0.3, 0.4) is 0 Å². The van der Waals surface area contributed by atoms with Gasteiger partial charge < -0.3 is 9.47 Å². The number of non-ortho nitro benzene ring substituents is 1. The van der Waals surface area contributed by atoms with Crippen LogP contribution in [0.4, 0.5) is 5.69 Å². The molecule has 0 aliphatic heterocycles. The molecule has 0 unspecified atom stereocenters. The molecule has 0 aromatic heterocycles. The SMILES string of the molecule is CCN([C@H](C)COC)S(=O)(=O)c1cc([N+](=O)[O-])ccc1OC. The lowest BCUT2D eigenvalue weighted by atomic mass is 10.3. The number of ether oxygens (including phenoxy) is 2. The fourth-order valence-corrected chi connectivity index (χ4v) is 3.95. The van der Waals surface area contributed by atoms with Crippen molar-refractivity contribution in [1.82, 2.24) is 4.31 Å². The number of methoxy groups -OCH3 is 2. The second-order valence-corrected chi connectivity index (χ2v) is 6.46. The van der Waals surface area contributed by atoms with E-state index in [9.17, 15) is 18.5 Å². The van der Waals surface area contributed by atoms with E-state index >= 15 is 0 Å². The molecule has 0 N–H and O–H groups in total. The summed E-state index contributed by atoms with van der Waals surface area (Å²) in [6, 6.07) is 3.08. The van der Waals surface area contributed by atoms with Crippen LogP contribution in [-0.2, 0) is 14.8 Å². The van der Waals surface area contributed by atoms with Crippen molar-refractivity contribution in [3.05, 3.63) is 28.3 Å². The van der Waals surface area contributed by atoms with Gasteiger partial charge in [0, 0.05) is 31.8 Å². The third-order valence-electron chi connectivity index (χ3n) is 3.16. The zero-order valence-corrected chi connectivity index (χ0v) is 13.8. The Morgan fingerprint density at radius 2 is 2.00 bits per heavy atom. The van der Waals surface area contributed by atoms with Crippen LogP contribution in [0.15, 0.2) is 23.1 Å². The van der Waals surface area contributed by atoms with Crippen LogP contribution in [0.1, 0.15) is 13.8 Å². The summed E-state index contributed by atoms with van der Waals surface area (Å²) in [6.45, 7) is 3.81. The number of likely N-dealkylation sites (N-methyl/N-ethyl adjacent to an activating group) is 1. The molecule has 0 fully saturated rings. The first-order valence-electron chi connectivity index (χ1n) is 6.62. The number of rotatable bonds is 8. The molecule has 0 bridgehead atoms. The fraction of sp³-hybridized carbons (Fsp3) is 0.538. The standard InChI is InChI=1S/C13H20N2O6S/c1-5-14(10(2)9-20-3)22(18,19)13-8-11(15(16)17)6-7-12(13)21-4/h6-8,10H,5,9H2,1-4H3/t10-/m1/s1. The van der Waals surface area contributed by atoms with Crippen molar-refractivity contribution in [3.8, 4) is 5.75 Å². The molecule has 0 spiro atoms. The molecule has 9 heteroatoms. The quantitative estimate of drug-likeness (QED) is 0.530. The molecule has 1 atom stereocenters. The molecule has 22 heavy (non-hydrogen) atoms. The summed E-state index contributed by atoms with van der Waals surface area (Å²) in [7, 11) is -1.16. The van der Waals surface area contributed by atoms with Crippen LogP contribution < -0.4 is 4.74 Å². The predicted octanol–water partition coefficient (Wildman–Crippen LogP) is 1.65. The minimum Gasteiger partial charge on any atom is -0.495 e. The molecular formula is C13H20N2O6S. The molecule has 1 rings (SSSR count). The molecule has 0 aliphatic rings. The molecule has 0 aliphatic carbocycles. The Balaban J connectivity index is 3.42. The second-order valence-electron chi connectivity index (χ2n) is 4.61. The Morgan fingerprint density at radius 1 is 1.36 bits per heavy atom. The Hall–Kier alpha value is -1.71. The Bertz CT molecular complexity index is 631. The largest absolute Gasteiger partial charge is 0.495 e. The van der Waals surface area contributed by atoms with E-state index in [1.54, 1.807) is 13.8 Å². The summed E-state index contributed by atoms with van der Waals surface area (Å²) < 4.78 is 36.9. The fourth-order valence-electron chi connectivity index (χ4n) is 2.15. The van der Waals surface area contributed by atoms with Crippen molar-refractivity contribution in [2.45, 2.75) is 24.8 Å². The van der Waals surface area contributed by atoms with Crippen LogP contribution in [0.2, 0.25) is 0 Å². The van der Waals surface area contributed by atoms with Crippen molar-refractivity contribution in [3.63, 3.8) is 0 Å². The first-order chi connectivity index (χ1) is 10.3. The van der Waals surface area contributed by atoms with E-state index in [2.05, 4.69) is 0 Å². The predicted molar refractivity (Wildman–Crippen MR) is 80.6 cm³/mol. The highest BCUT2D eigenvalue weighted by atomic mass is 32.2. The monoisotopic (exact) mass is 332 g/mol. The van der Waals surface area contributed by atoms with E-state index in [1.165, 1.54) is 30.7 Å². The lowest BCUT2D eigenvalue weighted by Gasteiger charge is -2.27. The molecule has 0 amide bonds. The van der Waals surface area contributed by atoms with Crippen LogP contribution in [0, 0.1) is 10.1 Å². The number of nitro benzene ring substituents is 1. The molecule has 0 radical (unpaired) electrons. The normalized spacial score (nSPS) is 13.1. The van der Waals surface area contributed by atoms with E-state index in [1.807, 2.05) is 0 Å². The first-order valence-corrected chi connectivity index (χ1v) is 8.06. The highest BCUT2D eigenvalue weighted by molar-refractivity contribution is 7.89. The van der Waals surface area contributed by atoms with E-state index in [4.69, 9.17) is 9.47 Å². The third kappa shape index (κ3) is 3.73. The van der Waals surface area contributed by atoms with Gasteiger partial charge in [-0.25, -0.2) is 8.42 Å². The maximum Gasteiger partial charge on any atom is 0.271 e. The van der Waals surface area contributed by atoms with Gasteiger partial charge in [-0.3, -0.25) is 10.1 Å². The van der Waals surface area contributed by atoms with Crippen molar-refractivity contribution in [1.29, 1.82) is 0 Å². The van der Waals surface area contributed by atoms with Gasteiger partial charge in [0.2, 0.25) is 10.0 Å². The van der Waals surface area contributed by atoms with Crippen molar-refractivity contribution in [2.75, 3.05) is 27.4 Å². The number of hydrogen-bond acceptors (Lipinski definition) is 6. The van der Waals surface area contributed by atoms with Gasteiger partial charge in [0.25, 0.3) is 5.69 Å². The summed E-state index contributed by atoms with van der Waals surface area (Å²) in [6.07, 6.45) is 0. The number of benzene rings is 1. The molecule has 8 nitrogen and oxygen atoms in total. The minimum absolute atomic E-state index is 0.0636. The van der Waals surface area contributed by atoms with Gasteiger partial charge in [0.1, 0.15) is 10.6 Å². The Kier molecular flexibility index (Phi) is 6.27. The Labute approximate surface area is 129 Å². The lowest BCUT2D eigenvalue weighted by Crippen LogP contribution is -2.41. The maximum absolute atomic E-state index is 12.8. The van der Waals surface area contributed by atoms with E-state index in [0.29, 0.717) is 0 Å². The molecule has 1 aromatic carbocycles. The molecule has 1 aromatic rings. The topological polar surface area (TPSA) is 99.0 Å². The average molecular weight is 332 g/mol. The van der Waals surface area contributed by atoms with Crippen molar-refractivity contribution in [2.24, 2.45) is 0 Å². The van der Waals surface area contributed by atoms with Crippen LogP contribution in [-0.4, -0.2) is 51.1 Å². The molecule has 0 saturated carbocycles. The maximum atomic E-state index is 12.8. The number of nitro groups is 1. The third-order valence-corrected chi connectivity index (χ3v) is 5.27. The lowest BCUT2D eigenvalue weighted by molar-refractivity contribution is -0.385. The summed E-state index contributed by atoms with van der Waals surface area (Å²) >= 11 is 0. The summed E-state index contributed by atoms with van der Waals surface area (Å²) in [5.41, 5.74) is -0.310. The zero-order chi connectivity index (χ0) is 16.9. The van der Waals surface area contributed by atoms with E-state index in [0.717, 1.165) is 6.07 Å². The van der Waals surface area contributed by atoms with Crippen molar-refractivity contribution >= 4 is 15.7 Å². The molecule has 0 saturated heterocycles. The van der Waals surface area contributed by atoms with Crippen LogP contribution in [0.5, 0.6) is 5.75 Å². The number of nitrogens with zero attached hydrogens (tertiary/aromatic N) is 2. The smallest absolute Gasteiger partial charge is 0.271 e. The highest BCUT2D eigenvalue weighted by Crippen LogP contribution is 2.31. The van der Waals surface area contributed by atoms with Gasteiger partial charge >= 0.3 is 0 Å². The Morgan fingerprint density at radius 3 is 2.45 bits per heavy atom. The zero-order valence-electron chi connectivity index (χ0n) is 13.0. The van der Waals surface area contributed by atoms with Gasteiger partial charge in [-0.15, -0.1) is 0 Å². The van der Waals surface area contributed by atoms with Gasteiger partial charge in [0.15, 0.2) is 0 Å². The molecule has 124 valence electrons. The van der Waals surface area contributed by atoms with Gasteiger partial charge in [0.05, 0.1) is 18.6 Å². The van der Waals surface area contributed by atoms with Gasteiger partial charge in [-0.05, 0) is 13.0 Å². The summed E-state index contributed by atoms with van der Waals surface area (Å²) in [4.78, 5) is 10.0. The van der Waals surface area contributed by atoms with Crippen LogP contribution >= 0.6 is 0 Å². The van der Waals surface area contributed by atoms with E-state index < -0.39 is 21.0 Å². The van der Waals surface area contributed by atoms with Crippen molar-refractivity contribution < 1.29 is 22.8 Å². The highest BCUT2D eigenvalue weighted by Gasteiger charge is 2.31. The second kappa shape index (κ2) is 7.52. The molecule has 0 heterocycles. The summed E-state index contributed by atoms with van der Waals surface area (Å²) in [5.74, 6) is 0.0636. The minimum atomic E-state index is -3.95.